The first kappa shape index (κ1) is 12.7. The molecule has 1 amide bonds. The van der Waals surface area contributed by atoms with Crippen LogP contribution < -0.4 is 11.1 Å². The summed E-state index contributed by atoms with van der Waals surface area (Å²) in [5.41, 5.74) is 6.33. The van der Waals surface area contributed by atoms with Crippen LogP contribution in [0.5, 0.6) is 0 Å². The van der Waals surface area contributed by atoms with Crippen molar-refractivity contribution in [1.82, 2.24) is 5.32 Å². The van der Waals surface area contributed by atoms with Gasteiger partial charge in [-0.25, -0.2) is 0 Å². The number of hydrogen-bond donors (Lipinski definition) is 2. The molecule has 3 N–H and O–H groups in total. The molecule has 88 valence electrons. The van der Waals surface area contributed by atoms with E-state index < -0.39 is 0 Å². The molecular weight excluding hydrogens is 200 g/mol. The third kappa shape index (κ3) is 3.66. The highest BCUT2D eigenvalue weighted by molar-refractivity contribution is 5.77. The van der Waals surface area contributed by atoms with Gasteiger partial charge in [0.05, 0.1) is 5.54 Å². The zero-order chi connectivity index (χ0) is 12.2. The van der Waals surface area contributed by atoms with Crippen molar-refractivity contribution in [2.75, 3.05) is 0 Å². The zero-order valence-electron chi connectivity index (χ0n) is 10.2. The summed E-state index contributed by atoms with van der Waals surface area (Å²) in [6, 6.07) is 9.80. The summed E-state index contributed by atoms with van der Waals surface area (Å²) >= 11 is 0. The van der Waals surface area contributed by atoms with Crippen LogP contribution in [0.25, 0.3) is 0 Å². The molecule has 3 heteroatoms. The number of nitrogens with two attached hydrogens (primary N) is 1. The fraction of sp³-hybridized carbons (Fsp3) is 0.462. The summed E-state index contributed by atoms with van der Waals surface area (Å²) in [5, 5.41) is 2.98. The average molecular weight is 220 g/mol. The van der Waals surface area contributed by atoms with Crippen molar-refractivity contribution in [3.8, 4) is 0 Å². The first-order valence-electron chi connectivity index (χ1n) is 5.54. The second-order valence-corrected chi connectivity index (χ2v) is 4.72. The molecule has 0 aliphatic heterocycles. The van der Waals surface area contributed by atoms with E-state index in [1.807, 2.05) is 51.1 Å². The van der Waals surface area contributed by atoms with Gasteiger partial charge in [-0.1, -0.05) is 30.3 Å². The number of carbonyl (C=O) groups excluding carboxylic acids is 1. The minimum absolute atomic E-state index is 0.0103. The molecule has 0 radical (unpaired) electrons. The predicted molar refractivity (Wildman–Crippen MR) is 65.9 cm³/mol. The Morgan fingerprint density at radius 2 is 1.94 bits per heavy atom. The van der Waals surface area contributed by atoms with Crippen molar-refractivity contribution in [3.05, 3.63) is 35.9 Å². The van der Waals surface area contributed by atoms with Gasteiger partial charge in [0.15, 0.2) is 0 Å². The molecule has 16 heavy (non-hydrogen) atoms. The molecule has 0 aromatic heterocycles. The molecule has 0 fully saturated rings. The van der Waals surface area contributed by atoms with Crippen LogP contribution in [-0.2, 0) is 10.3 Å². The van der Waals surface area contributed by atoms with E-state index in [0.29, 0.717) is 6.42 Å². The molecule has 1 rings (SSSR count). The highest BCUT2D eigenvalue weighted by Gasteiger charge is 2.22. The number of amides is 1. The maximum absolute atomic E-state index is 11.7. The molecule has 1 aromatic carbocycles. The topological polar surface area (TPSA) is 55.1 Å². The second-order valence-electron chi connectivity index (χ2n) is 4.72. The van der Waals surface area contributed by atoms with Crippen LogP contribution >= 0.6 is 0 Å². The Morgan fingerprint density at radius 3 is 2.44 bits per heavy atom. The molecule has 0 bridgehead atoms. The van der Waals surface area contributed by atoms with Gasteiger partial charge in [0.2, 0.25) is 5.91 Å². The molecule has 3 nitrogen and oxygen atoms in total. The van der Waals surface area contributed by atoms with Gasteiger partial charge >= 0.3 is 0 Å². The molecule has 0 aliphatic rings. The van der Waals surface area contributed by atoms with E-state index in [2.05, 4.69) is 5.32 Å². The molecule has 1 unspecified atom stereocenters. The van der Waals surface area contributed by atoms with Crippen molar-refractivity contribution in [3.63, 3.8) is 0 Å². The molecule has 1 aromatic rings. The summed E-state index contributed by atoms with van der Waals surface area (Å²) in [4.78, 5) is 11.7. The highest BCUT2D eigenvalue weighted by Crippen LogP contribution is 2.19. The number of rotatable bonds is 4. The quantitative estimate of drug-likeness (QED) is 0.812. The van der Waals surface area contributed by atoms with E-state index in [1.165, 1.54) is 0 Å². The smallest absolute Gasteiger partial charge is 0.222 e. The van der Waals surface area contributed by atoms with E-state index >= 15 is 0 Å². The van der Waals surface area contributed by atoms with E-state index in [0.717, 1.165) is 5.56 Å². The summed E-state index contributed by atoms with van der Waals surface area (Å²) in [7, 11) is 0. The molecule has 0 heterocycles. The fourth-order valence-electron chi connectivity index (χ4n) is 1.62. The Hall–Kier alpha value is -1.35. The van der Waals surface area contributed by atoms with E-state index in [1.54, 1.807) is 0 Å². The van der Waals surface area contributed by atoms with Crippen LogP contribution in [0, 0.1) is 0 Å². The zero-order valence-corrected chi connectivity index (χ0v) is 10.2. The lowest BCUT2D eigenvalue weighted by Crippen LogP contribution is -2.42. The molecule has 0 saturated carbocycles. The van der Waals surface area contributed by atoms with Crippen LogP contribution in [0.2, 0.25) is 0 Å². The third-order valence-electron chi connectivity index (χ3n) is 2.45. The summed E-state index contributed by atoms with van der Waals surface area (Å²) in [5.74, 6) is -0.0103. The van der Waals surface area contributed by atoms with Crippen molar-refractivity contribution in [2.24, 2.45) is 5.73 Å². The number of nitrogens with one attached hydrogen (secondary N) is 1. The van der Waals surface area contributed by atoms with Crippen LogP contribution in [0.15, 0.2) is 30.3 Å². The fourth-order valence-corrected chi connectivity index (χ4v) is 1.62. The minimum atomic E-state index is -0.354. The maximum atomic E-state index is 11.7. The standard InChI is InChI=1S/C13H20N2O/c1-10(14)9-12(16)15-13(2,3)11-7-5-4-6-8-11/h4-8,10H,9,14H2,1-3H3,(H,15,16). The van der Waals surface area contributed by atoms with Crippen molar-refractivity contribution < 1.29 is 4.79 Å². The van der Waals surface area contributed by atoms with Crippen molar-refractivity contribution in [2.45, 2.75) is 38.8 Å². The minimum Gasteiger partial charge on any atom is -0.347 e. The predicted octanol–water partition coefficient (Wildman–Crippen LogP) is 1.78. The van der Waals surface area contributed by atoms with E-state index in [-0.39, 0.29) is 17.5 Å². The lowest BCUT2D eigenvalue weighted by Gasteiger charge is -2.27. The number of hydrogen-bond acceptors (Lipinski definition) is 2. The van der Waals surface area contributed by atoms with E-state index in [9.17, 15) is 4.79 Å². The lowest BCUT2D eigenvalue weighted by molar-refractivity contribution is -0.123. The Balaban J connectivity index is 2.69. The molecular formula is C13H20N2O. The average Bonchev–Trinajstić information content (AvgIpc) is 2.16. The molecule has 1 atom stereocenters. The summed E-state index contributed by atoms with van der Waals surface area (Å²) < 4.78 is 0. The number of benzene rings is 1. The Bertz CT molecular complexity index is 344. The van der Waals surface area contributed by atoms with Crippen molar-refractivity contribution in [1.29, 1.82) is 0 Å². The molecule has 0 spiro atoms. The number of carbonyl (C=O) groups is 1. The Morgan fingerprint density at radius 1 is 1.38 bits per heavy atom. The third-order valence-corrected chi connectivity index (χ3v) is 2.45. The molecule has 0 saturated heterocycles. The second kappa shape index (κ2) is 5.12. The van der Waals surface area contributed by atoms with Crippen LogP contribution in [-0.4, -0.2) is 11.9 Å². The van der Waals surface area contributed by atoms with Crippen LogP contribution in [0.1, 0.15) is 32.8 Å². The first-order valence-corrected chi connectivity index (χ1v) is 5.54. The van der Waals surface area contributed by atoms with Crippen LogP contribution in [0.3, 0.4) is 0 Å². The Kier molecular flexibility index (Phi) is 4.07. The SMILES string of the molecule is CC(N)CC(=O)NC(C)(C)c1ccccc1. The monoisotopic (exact) mass is 220 g/mol. The van der Waals surface area contributed by atoms with Gasteiger partial charge in [-0.05, 0) is 26.3 Å². The van der Waals surface area contributed by atoms with Gasteiger partial charge < -0.3 is 11.1 Å². The van der Waals surface area contributed by atoms with Gasteiger partial charge in [0.25, 0.3) is 0 Å². The van der Waals surface area contributed by atoms with Crippen LogP contribution in [0.4, 0.5) is 0 Å². The van der Waals surface area contributed by atoms with E-state index in [4.69, 9.17) is 5.73 Å². The molecule has 0 aliphatic carbocycles. The maximum Gasteiger partial charge on any atom is 0.222 e. The normalized spacial score (nSPS) is 13.2. The summed E-state index contributed by atoms with van der Waals surface area (Å²) in [6.07, 6.45) is 0.357. The lowest BCUT2D eigenvalue weighted by atomic mass is 9.94. The first-order chi connectivity index (χ1) is 7.42. The summed E-state index contributed by atoms with van der Waals surface area (Å²) in [6.45, 7) is 5.80. The largest absolute Gasteiger partial charge is 0.347 e. The highest BCUT2D eigenvalue weighted by atomic mass is 16.1. The van der Waals surface area contributed by atoms with Gasteiger partial charge in [0.1, 0.15) is 0 Å². The van der Waals surface area contributed by atoms with Gasteiger partial charge in [-0.3, -0.25) is 4.79 Å². The van der Waals surface area contributed by atoms with Crippen molar-refractivity contribution >= 4 is 5.91 Å². The van der Waals surface area contributed by atoms with Gasteiger partial charge in [-0.2, -0.15) is 0 Å². The Labute approximate surface area is 97.0 Å². The van der Waals surface area contributed by atoms with Gasteiger partial charge in [-0.15, -0.1) is 0 Å². The van der Waals surface area contributed by atoms with Gasteiger partial charge in [0, 0.05) is 12.5 Å².